The van der Waals surface area contributed by atoms with Gasteiger partial charge in [0.05, 0.1) is 12.6 Å². The molecule has 0 saturated heterocycles. The van der Waals surface area contributed by atoms with Crippen molar-refractivity contribution >= 4 is 17.8 Å². The molecule has 0 bridgehead atoms. The van der Waals surface area contributed by atoms with E-state index in [1.165, 1.54) is 6.20 Å². The number of alkyl carbamates (subject to hydrolysis) is 1. The molecule has 3 N–H and O–H groups in total. The summed E-state index contributed by atoms with van der Waals surface area (Å²) >= 11 is 0. The molecule has 150 valence electrons. The minimum atomic E-state index is -0.303. The van der Waals surface area contributed by atoms with Crippen LogP contribution in [0, 0.1) is 0 Å². The van der Waals surface area contributed by atoms with Crippen molar-refractivity contribution in [2.24, 2.45) is 0 Å². The summed E-state index contributed by atoms with van der Waals surface area (Å²) in [6.07, 6.45) is 8.28. The van der Waals surface area contributed by atoms with Gasteiger partial charge in [-0.05, 0) is 44.9 Å². The predicted molar refractivity (Wildman–Crippen MR) is 99.7 cm³/mol. The van der Waals surface area contributed by atoms with E-state index in [0.29, 0.717) is 11.6 Å². The summed E-state index contributed by atoms with van der Waals surface area (Å²) in [5.74, 6) is 1.04. The molecule has 2 saturated carbocycles. The van der Waals surface area contributed by atoms with Gasteiger partial charge in [-0.1, -0.05) is 5.16 Å². The Morgan fingerprint density at radius 1 is 1.25 bits per heavy atom. The Balaban J connectivity index is 1.24. The summed E-state index contributed by atoms with van der Waals surface area (Å²) in [6, 6.07) is 3.60. The molecule has 0 aromatic carbocycles. The summed E-state index contributed by atoms with van der Waals surface area (Å²) in [7, 11) is 0. The van der Waals surface area contributed by atoms with Crippen LogP contribution in [0.1, 0.15) is 62.3 Å². The lowest BCUT2D eigenvalue weighted by Crippen LogP contribution is -2.35. The Hall–Kier alpha value is -2.84. The number of aromatic amines is 1. The molecular weight excluding hydrogens is 362 g/mol. The molecule has 2 aromatic rings. The first-order valence-electron chi connectivity index (χ1n) is 9.87. The number of nitrogens with one attached hydrogen (secondary N) is 3. The van der Waals surface area contributed by atoms with E-state index in [2.05, 4.69) is 26.0 Å². The van der Waals surface area contributed by atoms with E-state index in [4.69, 9.17) is 9.26 Å². The fourth-order valence-electron chi connectivity index (χ4n) is 4.04. The molecule has 0 unspecified atom stereocenters. The van der Waals surface area contributed by atoms with Crippen molar-refractivity contribution in [3.05, 3.63) is 29.8 Å². The molecule has 4 rings (SSSR count). The van der Waals surface area contributed by atoms with Crippen LogP contribution in [0.2, 0.25) is 0 Å². The van der Waals surface area contributed by atoms with E-state index in [1.54, 1.807) is 6.07 Å². The fourth-order valence-corrected chi connectivity index (χ4v) is 4.04. The molecule has 2 aromatic heterocycles. The second kappa shape index (κ2) is 8.45. The summed E-state index contributed by atoms with van der Waals surface area (Å²) in [5, 5.41) is 16.5. The van der Waals surface area contributed by atoms with E-state index in [9.17, 15) is 9.59 Å². The van der Waals surface area contributed by atoms with E-state index in [0.717, 1.165) is 50.6 Å². The number of hydrogen-bond acceptors (Lipinski definition) is 6. The molecule has 2 atom stereocenters. The first kappa shape index (κ1) is 18.5. The monoisotopic (exact) mass is 387 g/mol. The van der Waals surface area contributed by atoms with Gasteiger partial charge < -0.3 is 19.9 Å². The molecule has 9 heteroatoms. The van der Waals surface area contributed by atoms with Crippen molar-refractivity contribution in [1.29, 1.82) is 0 Å². The van der Waals surface area contributed by atoms with Gasteiger partial charge in [-0.3, -0.25) is 9.89 Å². The topological polar surface area (TPSA) is 122 Å². The van der Waals surface area contributed by atoms with Crippen molar-refractivity contribution in [2.45, 2.75) is 69.4 Å². The molecule has 2 amide bonds. The molecule has 0 spiro atoms. The Bertz CT molecular complexity index is 797. The van der Waals surface area contributed by atoms with Gasteiger partial charge in [0.25, 0.3) is 0 Å². The molecule has 2 aliphatic carbocycles. The Kier molecular flexibility index (Phi) is 5.59. The van der Waals surface area contributed by atoms with Crippen molar-refractivity contribution in [3.8, 4) is 0 Å². The van der Waals surface area contributed by atoms with Gasteiger partial charge in [-0.25, -0.2) is 4.79 Å². The van der Waals surface area contributed by atoms with E-state index in [-0.39, 0.29) is 36.5 Å². The van der Waals surface area contributed by atoms with Crippen LogP contribution in [0.4, 0.5) is 10.6 Å². The lowest BCUT2D eigenvalue weighted by molar-refractivity contribution is -0.115. The fraction of sp³-hybridized carbons (Fsp3) is 0.579. The van der Waals surface area contributed by atoms with Crippen LogP contribution in [0.3, 0.4) is 0 Å². The second-order valence-electron chi connectivity index (χ2n) is 7.58. The molecular formula is C19H25N5O4. The van der Waals surface area contributed by atoms with Crippen LogP contribution in [0.15, 0.2) is 22.9 Å². The molecule has 2 aliphatic rings. The zero-order valence-corrected chi connectivity index (χ0v) is 15.6. The molecule has 2 fully saturated rings. The standard InChI is InChI=1S/C19H25N5O4/c25-18(10-15-7-8-20-28-15)22-17-11-16(23-24-17)12-5-6-13(9-12)21-19(26)27-14-3-1-2-4-14/h7-8,11-14H,1-6,9-10H2,(H,21,26)(H2,22,23,24,25)/t12-,13+/m0/s1. The predicted octanol–water partition coefficient (Wildman–Crippen LogP) is 2.88. The first-order chi connectivity index (χ1) is 13.7. The van der Waals surface area contributed by atoms with Gasteiger partial charge in [-0.2, -0.15) is 5.10 Å². The van der Waals surface area contributed by atoms with Crippen LogP contribution in [-0.4, -0.2) is 39.5 Å². The van der Waals surface area contributed by atoms with Crippen molar-refractivity contribution < 1.29 is 18.8 Å². The van der Waals surface area contributed by atoms with Gasteiger partial charge in [0.1, 0.15) is 11.9 Å². The van der Waals surface area contributed by atoms with Gasteiger partial charge in [0.2, 0.25) is 5.91 Å². The van der Waals surface area contributed by atoms with Gasteiger partial charge in [0.15, 0.2) is 5.82 Å². The van der Waals surface area contributed by atoms with Crippen LogP contribution in [0.5, 0.6) is 0 Å². The highest BCUT2D eigenvalue weighted by Gasteiger charge is 2.29. The minimum absolute atomic E-state index is 0.0768. The van der Waals surface area contributed by atoms with E-state index in [1.807, 2.05) is 6.07 Å². The number of hydrogen-bond donors (Lipinski definition) is 3. The van der Waals surface area contributed by atoms with Crippen LogP contribution in [0.25, 0.3) is 0 Å². The average molecular weight is 387 g/mol. The lowest BCUT2D eigenvalue weighted by Gasteiger charge is -2.16. The average Bonchev–Trinajstić information content (AvgIpc) is 3.42. The summed E-state index contributed by atoms with van der Waals surface area (Å²) in [6.45, 7) is 0. The van der Waals surface area contributed by atoms with Crippen LogP contribution in [-0.2, 0) is 16.0 Å². The highest BCUT2D eigenvalue weighted by molar-refractivity contribution is 5.91. The maximum Gasteiger partial charge on any atom is 0.407 e. The maximum atomic E-state index is 12.0. The number of carbonyl (C=O) groups excluding carboxylic acids is 2. The summed E-state index contributed by atoms with van der Waals surface area (Å²) < 4.78 is 10.4. The number of H-pyrrole nitrogens is 1. The number of amides is 2. The number of rotatable bonds is 6. The number of ether oxygens (including phenoxy) is 1. The van der Waals surface area contributed by atoms with Crippen LogP contribution >= 0.6 is 0 Å². The summed E-state index contributed by atoms with van der Waals surface area (Å²) in [5.41, 5.74) is 0.962. The Morgan fingerprint density at radius 3 is 2.89 bits per heavy atom. The normalized spacial score (nSPS) is 22.3. The largest absolute Gasteiger partial charge is 0.446 e. The second-order valence-corrected chi connectivity index (χ2v) is 7.58. The molecule has 9 nitrogen and oxygen atoms in total. The molecule has 0 radical (unpaired) electrons. The van der Waals surface area contributed by atoms with Gasteiger partial charge in [-0.15, -0.1) is 0 Å². The molecule has 28 heavy (non-hydrogen) atoms. The van der Waals surface area contributed by atoms with E-state index < -0.39 is 0 Å². The number of aromatic nitrogens is 3. The maximum absolute atomic E-state index is 12.0. The first-order valence-corrected chi connectivity index (χ1v) is 9.87. The van der Waals surface area contributed by atoms with Crippen molar-refractivity contribution in [3.63, 3.8) is 0 Å². The third kappa shape index (κ3) is 4.71. The highest BCUT2D eigenvalue weighted by atomic mass is 16.6. The Labute approximate surface area is 162 Å². The highest BCUT2D eigenvalue weighted by Crippen LogP contribution is 2.34. The van der Waals surface area contributed by atoms with E-state index >= 15 is 0 Å². The number of carbonyl (C=O) groups is 2. The van der Waals surface area contributed by atoms with Crippen LogP contribution < -0.4 is 10.6 Å². The smallest absolute Gasteiger partial charge is 0.407 e. The Morgan fingerprint density at radius 2 is 2.11 bits per heavy atom. The number of nitrogens with zero attached hydrogens (tertiary/aromatic N) is 2. The molecule has 0 aliphatic heterocycles. The molecule has 2 heterocycles. The minimum Gasteiger partial charge on any atom is -0.446 e. The quantitative estimate of drug-likeness (QED) is 0.700. The van der Waals surface area contributed by atoms with Gasteiger partial charge >= 0.3 is 6.09 Å². The zero-order chi connectivity index (χ0) is 19.3. The summed E-state index contributed by atoms with van der Waals surface area (Å²) in [4.78, 5) is 24.1. The third-order valence-electron chi connectivity index (χ3n) is 5.46. The number of anilines is 1. The third-order valence-corrected chi connectivity index (χ3v) is 5.46. The van der Waals surface area contributed by atoms with Crippen molar-refractivity contribution in [1.82, 2.24) is 20.7 Å². The SMILES string of the molecule is O=C(Cc1ccno1)Nc1cc([C@H]2CC[C@@H](NC(=O)OC3CCCC3)C2)[nH]n1. The van der Waals surface area contributed by atoms with Gasteiger partial charge in [0, 0.05) is 29.8 Å². The van der Waals surface area contributed by atoms with Crippen molar-refractivity contribution in [2.75, 3.05) is 5.32 Å². The lowest BCUT2D eigenvalue weighted by atomic mass is 10.0. The zero-order valence-electron chi connectivity index (χ0n) is 15.6.